The summed E-state index contributed by atoms with van der Waals surface area (Å²) in [5.74, 6) is 1.67. The fourth-order valence-electron chi connectivity index (χ4n) is 2.29. The quantitative estimate of drug-likeness (QED) is 0.779. The summed E-state index contributed by atoms with van der Waals surface area (Å²) < 4.78 is 2.34. The smallest absolute Gasteiger partial charge is 0.0361 e. The molecule has 1 N–H and O–H groups in total. The summed E-state index contributed by atoms with van der Waals surface area (Å²) in [6, 6.07) is 2.86. The van der Waals surface area contributed by atoms with Gasteiger partial charge in [-0.25, -0.2) is 0 Å². The van der Waals surface area contributed by atoms with Crippen LogP contribution in [0.1, 0.15) is 44.7 Å². The first-order chi connectivity index (χ1) is 7.70. The molecule has 1 atom stereocenters. The van der Waals surface area contributed by atoms with Crippen molar-refractivity contribution < 1.29 is 0 Å². The molecule has 0 bridgehead atoms. The van der Waals surface area contributed by atoms with E-state index in [4.69, 9.17) is 0 Å². The summed E-state index contributed by atoms with van der Waals surface area (Å²) in [7, 11) is 2.08. The first-order valence-corrected chi connectivity index (χ1v) is 6.53. The minimum atomic E-state index is 0.584. The van der Waals surface area contributed by atoms with Crippen molar-refractivity contribution in [2.45, 2.75) is 45.7 Å². The van der Waals surface area contributed by atoms with Crippen LogP contribution in [0.15, 0.2) is 18.5 Å². The van der Waals surface area contributed by atoms with E-state index >= 15 is 0 Å². The van der Waals surface area contributed by atoms with Crippen LogP contribution in [0.3, 0.4) is 0 Å². The van der Waals surface area contributed by atoms with Crippen molar-refractivity contribution in [3.05, 3.63) is 24.0 Å². The predicted octanol–water partition coefficient (Wildman–Crippen LogP) is 3.20. The van der Waals surface area contributed by atoms with Crippen LogP contribution in [0.2, 0.25) is 0 Å². The highest BCUT2D eigenvalue weighted by molar-refractivity contribution is 5.18. The van der Waals surface area contributed by atoms with Crippen molar-refractivity contribution >= 4 is 0 Å². The molecule has 90 valence electrons. The van der Waals surface area contributed by atoms with Crippen LogP contribution in [-0.4, -0.2) is 11.6 Å². The van der Waals surface area contributed by atoms with E-state index in [0.717, 1.165) is 18.4 Å². The second kappa shape index (κ2) is 5.05. The van der Waals surface area contributed by atoms with Crippen molar-refractivity contribution in [2.24, 2.45) is 11.8 Å². The molecule has 1 saturated carbocycles. The van der Waals surface area contributed by atoms with Gasteiger partial charge in [0.15, 0.2) is 0 Å². The monoisotopic (exact) mass is 220 g/mol. The Balaban J connectivity index is 1.95. The Morgan fingerprint density at radius 3 is 2.75 bits per heavy atom. The van der Waals surface area contributed by atoms with Gasteiger partial charge in [0.1, 0.15) is 0 Å². The van der Waals surface area contributed by atoms with Crippen molar-refractivity contribution in [1.82, 2.24) is 9.88 Å². The molecule has 0 aromatic carbocycles. The zero-order chi connectivity index (χ0) is 11.5. The molecule has 1 heterocycles. The van der Waals surface area contributed by atoms with Crippen LogP contribution in [0.4, 0.5) is 0 Å². The lowest BCUT2D eigenvalue weighted by Crippen LogP contribution is -2.17. The molecular weight excluding hydrogens is 196 g/mol. The number of aromatic nitrogens is 1. The van der Waals surface area contributed by atoms with Gasteiger partial charge in [0.05, 0.1) is 0 Å². The van der Waals surface area contributed by atoms with E-state index in [1.165, 1.54) is 24.8 Å². The van der Waals surface area contributed by atoms with Crippen molar-refractivity contribution in [1.29, 1.82) is 0 Å². The highest BCUT2D eigenvalue weighted by Gasteiger charge is 2.31. The van der Waals surface area contributed by atoms with Gasteiger partial charge < -0.3 is 9.88 Å². The zero-order valence-electron chi connectivity index (χ0n) is 10.7. The Morgan fingerprint density at radius 2 is 2.19 bits per heavy atom. The van der Waals surface area contributed by atoms with Gasteiger partial charge in [0.25, 0.3) is 0 Å². The molecule has 0 spiro atoms. The molecule has 1 aliphatic carbocycles. The van der Waals surface area contributed by atoms with Crippen molar-refractivity contribution in [3.8, 4) is 0 Å². The van der Waals surface area contributed by atoms with Crippen LogP contribution in [0.5, 0.6) is 0 Å². The van der Waals surface area contributed by atoms with Gasteiger partial charge in [-0.15, -0.1) is 0 Å². The maximum absolute atomic E-state index is 3.45. The topological polar surface area (TPSA) is 17.0 Å². The molecule has 2 nitrogen and oxygen atoms in total. The minimum absolute atomic E-state index is 0.584. The summed E-state index contributed by atoms with van der Waals surface area (Å²) in [5, 5.41) is 3.45. The van der Waals surface area contributed by atoms with E-state index in [2.05, 4.69) is 49.2 Å². The Bertz CT molecular complexity index is 323. The number of hydrogen-bond acceptors (Lipinski definition) is 1. The molecule has 0 saturated heterocycles. The molecule has 1 aliphatic rings. The summed E-state index contributed by atoms with van der Waals surface area (Å²) in [4.78, 5) is 0. The second-order valence-corrected chi connectivity index (χ2v) is 5.47. The molecule has 1 fully saturated rings. The molecule has 16 heavy (non-hydrogen) atoms. The summed E-state index contributed by atoms with van der Waals surface area (Å²) in [6.45, 7) is 5.72. The first kappa shape index (κ1) is 11.7. The van der Waals surface area contributed by atoms with Gasteiger partial charge in [-0.2, -0.15) is 0 Å². The summed E-state index contributed by atoms with van der Waals surface area (Å²) in [6.07, 6.45) is 8.60. The van der Waals surface area contributed by atoms with E-state index in [1.807, 2.05) is 0 Å². The minimum Gasteiger partial charge on any atom is -0.354 e. The molecule has 0 amide bonds. The number of aryl methyl sites for hydroxylation is 1. The molecule has 1 aromatic heterocycles. The summed E-state index contributed by atoms with van der Waals surface area (Å²) in [5.41, 5.74) is 1.47. The third-order valence-electron chi connectivity index (χ3n) is 3.50. The second-order valence-electron chi connectivity index (χ2n) is 5.47. The highest BCUT2D eigenvalue weighted by Crippen LogP contribution is 2.40. The maximum atomic E-state index is 3.45. The Hall–Kier alpha value is -0.760. The third-order valence-corrected chi connectivity index (χ3v) is 3.50. The molecule has 2 rings (SSSR count). The number of nitrogens with one attached hydrogen (secondary N) is 1. The van der Waals surface area contributed by atoms with Crippen LogP contribution in [-0.2, 0) is 6.54 Å². The number of hydrogen-bond donors (Lipinski definition) is 1. The Morgan fingerprint density at radius 1 is 1.44 bits per heavy atom. The van der Waals surface area contributed by atoms with E-state index in [0.29, 0.717) is 6.04 Å². The fourth-order valence-corrected chi connectivity index (χ4v) is 2.29. The number of rotatable bonds is 6. The van der Waals surface area contributed by atoms with Crippen LogP contribution < -0.4 is 5.32 Å². The Kier molecular flexibility index (Phi) is 3.70. The van der Waals surface area contributed by atoms with E-state index in [-0.39, 0.29) is 0 Å². The molecule has 0 aliphatic heterocycles. The molecule has 1 unspecified atom stereocenters. The SMILES string of the molecule is CNC(c1ccn(CCC(C)C)c1)C1CC1. The van der Waals surface area contributed by atoms with Gasteiger partial charge >= 0.3 is 0 Å². The maximum Gasteiger partial charge on any atom is 0.0361 e. The van der Waals surface area contributed by atoms with Crippen molar-refractivity contribution in [3.63, 3.8) is 0 Å². The standard InChI is InChI=1S/C14H24N2/c1-11(2)6-8-16-9-7-13(10-16)14(15-3)12-4-5-12/h7,9-12,14-15H,4-6,8H2,1-3H3. The molecule has 0 radical (unpaired) electrons. The first-order valence-electron chi connectivity index (χ1n) is 6.53. The van der Waals surface area contributed by atoms with Crippen LogP contribution in [0, 0.1) is 11.8 Å². The van der Waals surface area contributed by atoms with Gasteiger partial charge in [-0.3, -0.25) is 0 Å². The Labute approximate surface area is 99.0 Å². The molecule has 1 aromatic rings. The lowest BCUT2D eigenvalue weighted by atomic mass is 10.1. The predicted molar refractivity (Wildman–Crippen MR) is 68.4 cm³/mol. The van der Waals surface area contributed by atoms with Crippen LogP contribution >= 0.6 is 0 Å². The van der Waals surface area contributed by atoms with Gasteiger partial charge in [-0.1, -0.05) is 13.8 Å². The molecular formula is C14H24N2. The van der Waals surface area contributed by atoms with Gasteiger partial charge in [0, 0.05) is 25.0 Å². The number of nitrogens with zero attached hydrogens (tertiary/aromatic N) is 1. The van der Waals surface area contributed by atoms with E-state index in [9.17, 15) is 0 Å². The van der Waals surface area contributed by atoms with Crippen LogP contribution in [0.25, 0.3) is 0 Å². The highest BCUT2D eigenvalue weighted by atomic mass is 15.0. The van der Waals surface area contributed by atoms with Gasteiger partial charge in [-0.05, 0) is 49.8 Å². The zero-order valence-corrected chi connectivity index (χ0v) is 10.7. The van der Waals surface area contributed by atoms with Gasteiger partial charge in [0.2, 0.25) is 0 Å². The third kappa shape index (κ3) is 2.88. The van der Waals surface area contributed by atoms with Crippen molar-refractivity contribution in [2.75, 3.05) is 7.05 Å². The van der Waals surface area contributed by atoms with E-state index in [1.54, 1.807) is 0 Å². The lowest BCUT2D eigenvalue weighted by molar-refractivity contribution is 0.508. The average molecular weight is 220 g/mol. The van der Waals surface area contributed by atoms with E-state index < -0.39 is 0 Å². The fraction of sp³-hybridized carbons (Fsp3) is 0.714. The molecule has 2 heteroatoms. The average Bonchev–Trinajstić information content (AvgIpc) is 2.96. The summed E-state index contributed by atoms with van der Waals surface area (Å²) >= 11 is 0. The lowest BCUT2D eigenvalue weighted by Gasteiger charge is -2.13. The largest absolute Gasteiger partial charge is 0.354 e. The normalized spacial score (nSPS) is 18.0.